The first kappa shape index (κ1) is 19.0. The first-order valence-corrected chi connectivity index (χ1v) is 9.03. The Hall–Kier alpha value is -2.38. The topological polar surface area (TPSA) is 21.7 Å². The Kier molecular flexibility index (Phi) is 5.12. The number of hydrogen-bond acceptors (Lipinski definition) is 3. The van der Waals surface area contributed by atoms with Gasteiger partial charge in [-0.25, -0.2) is 4.39 Å². The highest BCUT2D eigenvalue weighted by atomic mass is 19.4. The van der Waals surface area contributed by atoms with Gasteiger partial charge in [-0.15, -0.1) is 13.2 Å². The molecule has 2 aromatic rings. The molecule has 3 nitrogen and oxygen atoms in total. The fraction of sp³-hybridized carbons (Fsp3) is 0.333. The zero-order valence-corrected chi connectivity index (χ0v) is 15.0. The van der Waals surface area contributed by atoms with Crippen molar-refractivity contribution in [1.82, 2.24) is 4.90 Å². The lowest BCUT2D eigenvalue weighted by atomic mass is 9.89. The third-order valence-electron chi connectivity index (χ3n) is 5.07. The van der Waals surface area contributed by atoms with Crippen LogP contribution in [0.3, 0.4) is 0 Å². The van der Waals surface area contributed by atoms with Crippen molar-refractivity contribution in [2.75, 3.05) is 13.2 Å². The highest BCUT2D eigenvalue weighted by Gasteiger charge is 2.36. The summed E-state index contributed by atoms with van der Waals surface area (Å²) in [5, 5.41) is 0. The standard InChI is InChI=1S/C21H19F4NO2/c22-20-10-18(28-21(23,24)25)6-7-19(20)15-8-16-12-27-13-17(9-15)26(16)11-14-4-2-1-3-5-14/h1-8,10,16-17H,9,11-13H2. The van der Waals surface area contributed by atoms with Crippen LogP contribution >= 0.6 is 0 Å². The van der Waals surface area contributed by atoms with Gasteiger partial charge in [0.15, 0.2) is 0 Å². The summed E-state index contributed by atoms with van der Waals surface area (Å²) in [5.74, 6) is -1.28. The van der Waals surface area contributed by atoms with Crippen LogP contribution in [-0.2, 0) is 11.3 Å². The number of fused-ring (bicyclic) bond motifs is 2. The van der Waals surface area contributed by atoms with Gasteiger partial charge in [0.1, 0.15) is 11.6 Å². The third kappa shape index (κ3) is 4.20. The monoisotopic (exact) mass is 393 g/mol. The van der Waals surface area contributed by atoms with Crippen molar-refractivity contribution in [3.63, 3.8) is 0 Å². The summed E-state index contributed by atoms with van der Waals surface area (Å²) in [6, 6.07) is 13.4. The Morgan fingerprint density at radius 1 is 1.07 bits per heavy atom. The predicted octanol–water partition coefficient (Wildman–Crippen LogP) is 4.78. The number of ether oxygens (including phenoxy) is 2. The molecule has 4 rings (SSSR count). The van der Waals surface area contributed by atoms with E-state index >= 15 is 0 Å². The van der Waals surface area contributed by atoms with Gasteiger partial charge in [-0.2, -0.15) is 0 Å². The molecule has 2 heterocycles. The second-order valence-corrected chi connectivity index (χ2v) is 7.00. The van der Waals surface area contributed by atoms with E-state index in [1.807, 2.05) is 24.3 Å². The molecule has 148 valence electrons. The van der Waals surface area contributed by atoms with E-state index in [0.717, 1.165) is 24.3 Å². The van der Waals surface area contributed by atoms with Gasteiger partial charge < -0.3 is 9.47 Å². The second kappa shape index (κ2) is 7.56. The molecule has 0 radical (unpaired) electrons. The maximum absolute atomic E-state index is 14.5. The number of alkyl halides is 3. The quantitative estimate of drug-likeness (QED) is 0.698. The average molecular weight is 393 g/mol. The van der Waals surface area contributed by atoms with Gasteiger partial charge in [0.2, 0.25) is 0 Å². The fourth-order valence-electron chi connectivity index (χ4n) is 3.85. The molecule has 7 heteroatoms. The van der Waals surface area contributed by atoms with Gasteiger partial charge in [-0.1, -0.05) is 36.4 Å². The molecule has 28 heavy (non-hydrogen) atoms. The molecule has 2 atom stereocenters. The van der Waals surface area contributed by atoms with Crippen LogP contribution in [0.1, 0.15) is 17.5 Å². The summed E-state index contributed by atoms with van der Waals surface area (Å²) in [4.78, 5) is 2.33. The minimum Gasteiger partial charge on any atom is -0.406 e. The normalized spacial score (nSPS) is 22.6. The molecule has 0 aliphatic carbocycles. The lowest BCUT2D eigenvalue weighted by molar-refractivity contribution is -0.274. The molecule has 2 aliphatic rings. The summed E-state index contributed by atoms with van der Waals surface area (Å²) in [6.07, 6.45) is -2.31. The smallest absolute Gasteiger partial charge is 0.406 e. The minimum absolute atomic E-state index is 0.00629. The van der Waals surface area contributed by atoms with Crippen LogP contribution in [0.2, 0.25) is 0 Å². The average Bonchev–Trinajstić information content (AvgIpc) is 2.61. The van der Waals surface area contributed by atoms with Crippen molar-refractivity contribution in [2.24, 2.45) is 0 Å². The van der Waals surface area contributed by atoms with E-state index in [9.17, 15) is 17.6 Å². The summed E-state index contributed by atoms with van der Waals surface area (Å²) < 4.78 is 61.0. The van der Waals surface area contributed by atoms with E-state index in [1.165, 1.54) is 11.6 Å². The molecular formula is C21H19F4NO2. The lowest BCUT2D eigenvalue weighted by Gasteiger charge is -2.44. The zero-order chi connectivity index (χ0) is 19.7. The van der Waals surface area contributed by atoms with Crippen LogP contribution in [0, 0.1) is 5.82 Å². The number of rotatable bonds is 4. The summed E-state index contributed by atoms with van der Waals surface area (Å²) in [6.45, 7) is 1.81. The molecule has 0 aromatic heterocycles. The second-order valence-electron chi connectivity index (χ2n) is 7.00. The maximum Gasteiger partial charge on any atom is 0.573 e. The first-order chi connectivity index (χ1) is 13.4. The largest absolute Gasteiger partial charge is 0.573 e. The van der Waals surface area contributed by atoms with Crippen LogP contribution in [0.5, 0.6) is 5.75 Å². The Morgan fingerprint density at radius 2 is 1.86 bits per heavy atom. The molecular weight excluding hydrogens is 374 g/mol. The number of halogens is 4. The van der Waals surface area contributed by atoms with E-state index in [4.69, 9.17) is 4.74 Å². The Balaban J connectivity index is 1.57. The Morgan fingerprint density at radius 3 is 2.54 bits per heavy atom. The van der Waals surface area contributed by atoms with Crippen molar-refractivity contribution >= 4 is 5.57 Å². The van der Waals surface area contributed by atoms with E-state index in [1.54, 1.807) is 0 Å². The van der Waals surface area contributed by atoms with E-state index in [-0.39, 0.29) is 12.1 Å². The van der Waals surface area contributed by atoms with Gasteiger partial charge in [-0.05, 0) is 29.7 Å². The molecule has 0 spiro atoms. The van der Waals surface area contributed by atoms with Crippen molar-refractivity contribution in [3.05, 3.63) is 71.6 Å². The number of hydrogen-bond donors (Lipinski definition) is 0. The van der Waals surface area contributed by atoms with Crippen molar-refractivity contribution in [3.8, 4) is 5.75 Å². The van der Waals surface area contributed by atoms with Crippen LogP contribution in [-0.4, -0.2) is 36.6 Å². The molecule has 2 aromatic carbocycles. The highest BCUT2D eigenvalue weighted by molar-refractivity contribution is 5.69. The highest BCUT2D eigenvalue weighted by Crippen LogP contribution is 2.36. The molecule has 2 unspecified atom stereocenters. The van der Waals surface area contributed by atoms with Gasteiger partial charge >= 0.3 is 6.36 Å². The van der Waals surface area contributed by atoms with Crippen LogP contribution in [0.15, 0.2) is 54.6 Å². The van der Waals surface area contributed by atoms with Crippen molar-refractivity contribution < 1.29 is 27.0 Å². The Labute approximate surface area is 160 Å². The summed E-state index contributed by atoms with van der Waals surface area (Å²) in [5.41, 5.74) is 2.29. The number of benzene rings is 2. The van der Waals surface area contributed by atoms with Gasteiger partial charge in [0.05, 0.1) is 19.3 Å². The minimum atomic E-state index is -4.84. The van der Waals surface area contributed by atoms with E-state index in [0.29, 0.717) is 25.2 Å². The number of nitrogens with zero attached hydrogens (tertiary/aromatic N) is 1. The van der Waals surface area contributed by atoms with E-state index < -0.39 is 17.9 Å². The van der Waals surface area contributed by atoms with Crippen molar-refractivity contribution in [2.45, 2.75) is 31.4 Å². The molecule has 2 aliphatic heterocycles. The molecule has 0 saturated carbocycles. The Bertz CT molecular complexity index is 866. The number of morpholine rings is 1. The fourth-order valence-corrected chi connectivity index (χ4v) is 3.85. The molecule has 1 saturated heterocycles. The summed E-state index contributed by atoms with van der Waals surface area (Å²) >= 11 is 0. The van der Waals surface area contributed by atoms with Crippen LogP contribution < -0.4 is 4.74 Å². The molecule has 1 fully saturated rings. The molecule has 0 N–H and O–H groups in total. The molecule has 2 bridgehead atoms. The van der Waals surface area contributed by atoms with Crippen molar-refractivity contribution in [1.29, 1.82) is 0 Å². The SMILES string of the molecule is Fc1cc(OC(F)(F)F)ccc1C1=CC2COCC(C1)N2Cc1ccccc1. The van der Waals surface area contributed by atoms with Crippen LogP contribution in [0.25, 0.3) is 5.57 Å². The first-order valence-electron chi connectivity index (χ1n) is 9.03. The van der Waals surface area contributed by atoms with Gasteiger partial charge in [0, 0.05) is 24.2 Å². The zero-order valence-electron chi connectivity index (χ0n) is 15.0. The van der Waals surface area contributed by atoms with E-state index in [2.05, 4.69) is 21.8 Å². The predicted molar refractivity (Wildman–Crippen MR) is 96.1 cm³/mol. The van der Waals surface area contributed by atoms with Gasteiger partial charge in [-0.3, -0.25) is 4.90 Å². The lowest BCUT2D eigenvalue weighted by Crippen LogP contribution is -2.53. The molecule has 0 amide bonds. The van der Waals surface area contributed by atoms with Gasteiger partial charge in [0.25, 0.3) is 0 Å². The maximum atomic E-state index is 14.5. The van der Waals surface area contributed by atoms with Crippen LogP contribution in [0.4, 0.5) is 17.6 Å². The summed E-state index contributed by atoms with van der Waals surface area (Å²) in [7, 11) is 0. The third-order valence-corrected chi connectivity index (χ3v) is 5.07.